The van der Waals surface area contributed by atoms with E-state index in [0.717, 1.165) is 0 Å². The van der Waals surface area contributed by atoms with E-state index in [1.54, 1.807) is 0 Å². The minimum Gasteiger partial charge on any atom is -0.398 e. The lowest BCUT2D eigenvalue weighted by atomic mass is 10.2. The zero-order valence-corrected chi connectivity index (χ0v) is 9.55. The Bertz CT molecular complexity index is 142. The number of rotatable bonds is 5. The van der Waals surface area contributed by atoms with Gasteiger partial charge in [-0.25, -0.2) is 0 Å². The summed E-state index contributed by atoms with van der Waals surface area (Å²) in [5.74, 6) is 0.321. The SMILES string of the molecule is CC(C)C(NC=O)O[Si](C)(C)C. The fourth-order valence-corrected chi connectivity index (χ4v) is 1.91. The highest BCUT2D eigenvalue weighted by atomic mass is 28.4. The van der Waals surface area contributed by atoms with Crippen LogP contribution < -0.4 is 5.32 Å². The molecule has 0 radical (unpaired) electrons. The fraction of sp³-hybridized carbons (Fsp3) is 0.875. The Labute approximate surface area is 75.6 Å². The predicted octanol–water partition coefficient (Wildman–Crippen LogP) is 1.57. The van der Waals surface area contributed by atoms with Gasteiger partial charge in [0.25, 0.3) is 0 Å². The first-order chi connectivity index (χ1) is 5.37. The zero-order chi connectivity index (χ0) is 9.78. The molecule has 0 spiro atoms. The molecule has 1 amide bonds. The van der Waals surface area contributed by atoms with Gasteiger partial charge in [0.15, 0.2) is 8.32 Å². The van der Waals surface area contributed by atoms with Crippen molar-refractivity contribution in [3.8, 4) is 0 Å². The number of hydrogen-bond acceptors (Lipinski definition) is 2. The summed E-state index contributed by atoms with van der Waals surface area (Å²) in [6.07, 6.45) is 0.569. The first-order valence-corrected chi connectivity index (χ1v) is 7.65. The summed E-state index contributed by atoms with van der Waals surface area (Å²) in [7, 11) is -1.54. The minimum atomic E-state index is -1.54. The molecule has 0 fully saturated rings. The third-order valence-corrected chi connectivity index (χ3v) is 2.28. The molecule has 72 valence electrons. The quantitative estimate of drug-likeness (QED) is 0.405. The van der Waals surface area contributed by atoms with Crippen molar-refractivity contribution in [3.63, 3.8) is 0 Å². The van der Waals surface area contributed by atoms with E-state index < -0.39 is 8.32 Å². The van der Waals surface area contributed by atoms with Gasteiger partial charge in [0.2, 0.25) is 6.41 Å². The molecule has 0 saturated heterocycles. The molecular weight excluding hydrogens is 170 g/mol. The fourth-order valence-electron chi connectivity index (χ4n) is 0.811. The van der Waals surface area contributed by atoms with Gasteiger partial charge in [-0.05, 0) is 25.6 Å². The van der Waals surface area contributed by atoms with E-state index in [4.69, 9.17) is 4.43 Å². The Morgan fingerprint density at radius 1 is 1.33 bits per heavy atom. The van der Waals surface area contributed by atoms with Crippen molar-refractivity contribution in [1.29, 1.82) is 0 Å². The van der Waals surface area contributed by atoms with Crippen molar-refractivity contribution in [2.45, 2.75) is 39.7 Å². The van der Waals surface area contributed by atoms with E-state index in [2.05, 4.69) is 25.0 Å². The summed E-state index contributed by atoms with van der Waals surface area (Å²) < 4.78 is 5.74. The van der Waals surface area contributed by atoms with Crippen molar-refractivity contribution in [3.05, 3.63) is 0 Å². The Morgan fingerprint density at radius 2 is 1.83 bits per heavy atom. The smallest absolute Gasteiger partial charge is 0.209 e. The maximum Gasteiger partial charge on any atom is 0.209 e. The van der Waals surface area contributed by atoms with Gasteiger partial charge in [-0.1, -0.05) is 13.8 Å². The molecule has 12 heavy (non-hydrogen) atoms. The summed E-state index contributed by atoms with van der Waals surface area (Å²) in [5.41, 5.74) is 0. The molecule has 1 atom stereocenters. The van der Waals surface area contributed by atoms with Crippen LogP contribution in [0.15, 0.2) is 0 Å². The maximum atomic E-state index is 10.2. The van der Waals surface area contributed by atoms with Crippen LogP contribution in [0.1, 0.15) is 13.8 Å². The normalized spacial score (nSPS) is 14.5. The van der Waals surface area contributed by atoms with Gasteiger partial charge in [-0.15, -0.1) is 0 Å². The van der Waals surface area contributed by atoms with Crippen molar-refractivity contribution in [1.82, 2.24) is 5.32 Å². The molecule has 0 aliphatic carbocycles. The standard InChI is InChI=1S/C8H19NO2Si/c1-7(2)8(9-6-10)11-12(3,4)5/h6-8H,1-5H3,(H,9,10). The zero-order valence-electron chi connectivity index (χ0n) is 8.55. The van der Waals surface area contributed by atoms with Crippen LogP contribution in [0.5, 0.6) is 0 Å². The maximum absolute atomic E-state index is 10.2. The molecular formula is C8H19NO2Si. The van der Waals surface area contributed by atoms with Gasteiger partial charge in [-0.3, -0.25) is 4.79 Å². The van der Waals surface area contributed by atoms with Gasteiger partial charge in [-0.2, -0.15) is 0 Å². The van der Waals surface area contributed by atoms with Crippen molar-refractivity contribution < 1.29 is 9.22 Å². The Hall–Kier alpha value is -0.353. The number of hydrogen-bond donors (Lipinski definition) is 1. The highest BCUT2D eigenvalue weighted by molar-refractivity contribution is 6.69. The highest BCUT2D eigenvalue weighted by Crippen LogP contribution is 2.11. The molecule has 0 heterocycles. The molecule has 1 unspecified atom stereocenters. The van der Waals surface area contributed by atoms with E-state index in [1.807, 2.05) is 13.8 Å². The third-order valence-electron chi connectivity index (χ3n) is 1.32. The topological polar surface area (TPSA) is 38.3 Å². The van der Waals surface area contributed by atoms with E-state index in [1.165, 1.54) is 0 Å². The predicted molar refractivity (Wildman–Crippen MR) is 52.3 cm³/mol. The number of carbonyl (C=O) groups excluding carboxylic acids is 1. The van der Waals surface area contributed by atoms with Crippen LogP contribution in [0.3, 0.4) is 0 Å². The van der Waals surface area contributed by atoms with E-state index >= 15 is 0 Å². The molecule has 0 bridgehead atoms. The second-order valence-corrected chi connectivity index (χ2v) is 8.64. The second kappa shape index (κ2) is 4.62. The second-order valence-electron chi connectivity index (χ2n) is 4.18. The van der Waals surface area contributed by atoms with Crippen molar-refractivity contribution in [2.75, 3.05) is 0 Å². The minimum absolute atomic E-state index is 0.130. The van der Waals surface area contributed by atoms with Crippen molar-refractivity contribution in [2.24, 2.45) is 5.92 Å². The van der Waals surface area contributed by atoms with Crippen LogP contribution in [0.4, 0.5) is 0 Å². The monoisotopic (exact) mass is 189 g/mol. The molecule has 1 N–H and O–H groups in total. The van der Waals surface area contributed by atoms with Crippen LogP contribution >= 0.6 is 0 Å². The van der Waals surface area contributed by atoms with Crippen LogP contribution in [0.2, 0.25) is 19.6 Å². The molecule has 3 nitrogen and oxygen atoms in total. The number of carbonyl (C=O) groups is 1. The summed E-state index contributed by atoms with van der Waals surface area (Å²) in [5, 5.41) is 2.67. The Morgan fingerprint density at radius 3 is 2.08 bits per heavy atom. The molecule has 0 saturated carbocycles. The van der Waals surface area contributed by atoms with E-state index in [0.29, 0.717) is 12.3 Å². The average molecular weight is 189 g/mol. The molecule has 0 aromatic rings. The Kier molecular flexibility index (Phi) is 4.48. The Balaban J connectivity index is 4.04. The summed E-state index contributed by atoms with van der Waals surface area (Å²) in [6.45, 7) is 10.4. The summed E-state index contributed by atoms with van der Waals surface area (Å²) in [6, 6.07) is 0. The lowest BCUT2D eigenvalue weighted by molar-refractivity contribution is -0.112. The number of nitrogens with one attached hydrogen (secondary N) is 1. The van der Waals surface area contributed by atoms with Gasteiger partial charge < -0.3 is 9.74 Å². The van der Waals surface area contributed by atoms with Crippen LogP contribution in [-0.2, 0) is 9.22 Å². The molecule has 0 rings (SSSR count). The third kappa shape index (κ3) is 5.32. The highest BCUT2D eigenvalue weighted by Gasteiger charge is 2.22. The van der Waals surface area contributed by atoms with Crippen LogP contribution in [0.25, 0.3) is 0 Å². The number of amides is 1. The first-order valence-electron chi connectivity index (χ1n) is 4.24. The van der Waals surface area contributed by atoms with Crippen LogP contribution in [0, 0.1) is 5.92 Å². The van der Waals surface area contributed by atoms with Gasteiger partial charge in [0, 0.05) is 0 Å². The average Bonchev–Trinajstić information content (AvgIpc) is 1.83. The lowest BCUT2D eigenvalue weighted by Crippen LogP contribution is -2.43. The van der Waals surface area contributed by atoms with Gasteiger partial charge >= 0.3 is 0 Å². The van der Waals surface area contributed by atoms with Gasteiger partial charge in [0.1, 0.15) is 6.23 Å². The van der Waals surface area contributed by atoms with Crippen LogP contribution in [-0.4, -0.2) is 21.0 Å². The summed E-state index contributed by atoms with van der Waals surface area (Å²) >= 11 is 0. The first kappa shape index (κ1) is 11.6. The lowest BCUT2D eigenvalue weighted by Gasteiger charge is -2.28. The van der Waals surface area contributed by atoms with E-state index in [-0.39, 0.29) is 6.23 Å². The molecule has 0 aliphatic rings. The molecule has 0 aliphatic heterocycles. The molecule has 0 aromatic carbocycles. The summed E-state index contributed by atoms with van der Waals surface area (Å²) in [4.78, 5) is 10.2. The van der Waals surface area contributed by atoms with E-state index in [9.17, 15) is 4.79 Å². The largest absolute Gasteiger partial charge is 0.398 e. The van der Waals surface area contributed by atoms with Gasteiger partial charge in [0.05, 0.1) is 0 Å². The van der Waals surface area contributed by atoms with Crippen molar-refractivity contribution >= 4 is 14.7 Å². The molecule has 0 aromatic heterocycles. The molecule has 4 heteroatoms.